The molecule has 0 atom stereocenters. The smallest absolute Gasteiger partial charge is 0.330 e. The van der Waals surface area contributed by atoms with Crippen LogP contribution in [0.3, 0.4) is 0 Å². The number of rotatable bonds is 7. The normalized spacial score (nSPS) is 11.1. The maximum atomic E-state index is 11.2. The lowest BCUT2D eigenvalue weighted by atomic mass is 10.2. The molecule has 6 nitrogen and oxygen atoms in total. The number of methoxy groups -OCH3 is 1. The van der Waals surface area contributed by atoms with Crippen molar-refractivity contribution in [3.8, 4) is 11.5 Å². The summed E-state index contributed by atoms with van der Waals surface area (Å²) in [5, 5.41) is 0. The number of carbonyl (C=O) groups is 1. The molecule has 0 heterocycles. The van der Waals surface area contributed by atoms with Gasteiger partial charge in [-0.3, -0.25) is 0 Å². The first kappa shape index (κ1) is 16.8. The minimum atomic E-state index is -3.67. The highest BCUT2D eigenvalue weighted by molar-refractivity contribution is 7.86. The molecule has 0 bridgehead atoms. The maximum absolute atomic E-state index is 11.2. The highest BCUT2D eigenvalue weighted by Gasteiger charge is 2.11. The van der Waals surface area contributed by atoms with Gasteiger partial charge in [-0.05, 0) is 23.8 Å². The summed E-state index contributed by atoms with van der Waals surface area (Å²) in [5.41, 5.74) is 0.625. The molecule has 0 saturated heterocycles. The lowest BCUT2D eigenvalue weighted by Gasteiger charge is -2.10. The number of hydrogen-bond donors (Lipinski definition) is 0. The van der Waals surface area contributed by atoms with E-state index < -0.39 is 16.1 Å². The van der Waals surface area contributed by atoms with Gasteiger partial charge >= 0.3 is 16.1 Å². The third-order valence-corrected chi connectivity index (χ3v) is 2.66. The van der Waals surface area contributed by atoms with Gasteiger partial charge in [0.15, 0.2) is 11.5 Å². The average Bonchev–Trinajstić information content (AvgIpc) is 2.42. The Morgan fingerprint density at radius 3 is 2.62 bits per heavy atom. The highest BCUT2D eigenvalue weighted by Crippen LogP contribution is 2.30. The first-order valence-corrected chi connectivity index (χ1v) is 7.70. The molecule has 0 aliphatic rings. The third kappa shape index (κ3) is 6.13. The van der Waals surface area contributed by atoms with Gasteiger partial charge < -0.3 is 13.7 Å². The van der Waals surface area contributed by atoms with Crippen LogP contribution in [0.25, 0.3) is 6.08 Å². The number of hydrogen-bond acceptors (Lipinski definition) is 6. The van der Waals surface area contributed by atoms with E-state index in [0.717, 1.165) is 6.26 Å². The molecule has 7 heteroatoms. The zero-order valence-electron chi connectivity index (χ0n) is 11.7. The molecule has 0 radical (unpaired) electrons. The van der Waals surface area contributed by atoms with Gasteiger partial charge in [-0.15, -0.1) is 0 Å². The Labute approximate surface area is 123 Å². The van der Waals surface area contributed by atoms with Gasteiger partial charge in [0.1, 0.15) is 6.61 Å². The van der Waals surface area contributed by atoms with Gasteiger partial charge in [0.05, 0.1) is 13.4 Å². The zero-order chi connectivity index (χ0) is 15.9. The summed E-state index contributed by atoms with van der Waals surface area (Å²) in [5.74, 6) is -0.207. The average molecular weight is 312 g/mol. The predicted octanol–water partition coefficient (Wildman–Crippen LogP) is 1.78. The second-order valence-corrected chi connectivity index (χ2v) is 5.52. The van der Waals surface area contributed by atoms with Crippen LogP contribution in [0.15, 0.2) is 36.9 Å². The highest BCUT2D eigenvalue weighted by atomic mass is 32.2. The van der Waals surface area contributed by atoms with Crippen LogP contribution in [0.2, 0.25) is 0 Å². The van der Waals surface area contributed by atoms with Crippen LogP contribution in [0.5, 0.6) is 11.5 Å². The van der Waals surface area contributed by atoms with Gasteiger partial charge in [0, 0.05) is 6.08 Å². The van der Waals surface area contributed by atoms with Crippen molar-refractivity contribution >= 4 is 22.2 Å². The predicted molar refractivity (Wildman–Crippen MR) is 78.7 cm³/mol. The zero-order valence-corrected chi connectivity index (χ0v) is 12.6. The molecular weight excluding hydrogens is 296 g/mol. The van der Waals surface area contributed by atoms with Crippen LogP contribution < -0.4 is 8.92 Å². The minimum absolute atomic E-state index is 0.0644. The van der Waals surface area contributed by atoms with Crippen molar-refractivity contribution in [2.45, 2.75) is 0 Å². The molecule has 1 aromatic rings. The van der Waals surface area contributed by atoms with Crippen molar-refractivity contribution < 1.29 is 26.9 Å². The van der Waals surface area contributed by atoms with Gasteiger partial charge in [-0.25, -0.2) is 4.79 Å². The molecule has 0 aliphatic carbocycles. The van der Waals surface area contributed by atoms with Crippen LogP contribution in [-0.4, -0.2) is 34.4 Å². The quantitative estimate of drug-likeness (QED) is 0.330. The molecule has 0 aromatic heterocycles. The maximum Gasteiger partial charge on any atom is 0.330 e. The largest absolute Gasteiger partial charge is 0.486 e. The van der Waals surface area contributed by atoms with Crippen LogP contribution in [0.1, 0.15) is 5.56 Å². The summed E-state index contributed by atoms with van der Waals surface area (Å²) in [6, 6.07) is 4.57. The SMILES string of the molecule is C=CCOc1cc(/C=C/C(=O)OC)ccc1OS(C)(=O)=O. The van der Waals surface area contributed by atoms with Crippen molar-refractivity contribution in [2.75, 3.05) is 20.0 Å². The van der Waals surface area contributed by atoms with Crippen LogP contribution in [0.4, 0.5) is 0 Å². The monoisotopic (exact) mass is 312 g/mol. The number of ether oxygens (including phenoxy) is 2. The molecule has 0 spiro atoms. The lowest BCUT2D eigenvalue weighted by molar-refractivity contribution is -0.134. The molecule has 0 fully saturated rings. The van der Waals surface area contributed by atoms with Crippen LogP contribution in [-0.2, 0) is 19.6 Å². The summed E-state index contributed by atoms with van der Waals surface area (Å²) in [6.07, 6.45) is 5.21. The Hall–Kier alpha value is -2.28. The first-order valence-electron chi connectivity index (χ1n) is 5.89. The van der Waals surface area contributed by atoms with E-state index in [4.69, 9.17) is 8.92 Å². The first-order chi connectivity index (χ1) is 9.85. The van der Waals surface area contributed by atoms with Gasteiger partial charge in [0.25, 0.3) is 0 Å². The molecule has 0 unspecified atom stereocenters. The molecule has 1 rings (SSSR count). The fraction of sp³-hybridized carbons (Fsp3) is 0.214. The molecule has 0 amide bonds. The van der Waals surface area contributed by atoms with E-state index in [1.165, 1.54) is 31.4 Å². The van der Waals surface area contributed by atoms with Crippen molar-refractivity contribution in [3.63, 3.8) is 0 Å². The van der Waals surface area contributed by atoms with Crippen molar-refractivity contribution in [3.05, 3.63) is 42.5 Å². The topological polar surface area (TPSA) is 78.9 Å². The molecule has 114 valence electrons. The summed E-state index contributed by atoms with van der Waals surface area (Å²) >= 11 is 0. The Morgan fingerprint density at radius 2 is 2.05 bits per heavy atom. The summed E-state index contributed by atoms with van der Waals surface area (Å²) in [4.78, 5) is 11.0. The molecule has 0 N–H and O–H groups in total. The Bertz CT molecular complexity index is 645. The summed E-state index contributed by atoms with van der Waals surface area (Å²) in [7, 11) is -2.39. The van der Waals surface area contributed by atoms with Crippen LogP contribution in [0, 0.1) is 0 Å². The van der Waals surface area contributed by atoms with Gasteiger partial charge in [0.2, 0.25) is 0 Å². The van der Waals surface area contributed by atoms with E-state index in [9.17, 15) is 13.2 Å². The molecular formula is C14H16O6S. The van der Waals surface area contributed by atoms with E-state index in [2.05, 4.69) is 11.3 Å². The molecule has 0 aliphatic heterocycles. The van der Waals surface area contributed by atoms with E-state index in [1.807, 2.05) is 0 Å². The Morgan fingerprint density at radius 1 is 1.33 bits per heavy atom. The second kappa shape index (κ2) is 7.49. The Kier molecular flexibility index (Phi) is 5.98. The standard InChI is InChI=1S/C14H16O6S/c1-4-9-19-13-10-11(6-8-14(15)18-2)5-7-12(13)20-21(3,16)17/h4-8,10H,1,9H2,2-3H3/b8-6+. The van der Waals surface area contributed by atoms with Gasteiger partial charge in [-0.2, -0.15) is 8.42 Å². The minimum Gasteiger partial charge on any atom is -0.486 e. The second-order valence-electron chi connectivity index (χ2n) is 3.95. The Balaban J connectivity index is 3.08. The van der Waals surface area contributed by atoms with Gasteiger partial charge in [-0.1, -0.05) is 18.7 Å². The van der Waals surface area contributed by atoms with E-state index in [-0.39, 0.29) is 18.1 Å². The number of carbonyl (C=O) groups excluding carboxylic acids is 1. The van der Waals surface area contributed by atoms with Crippen LogP contribution >= 0.6 is 0 Å². The molecule has 0 saturated carbocycles. The third-order valence-electron chi connectivity index (χ3n) is 2.18. The fourth-order valence-corrected chi connectivity index (χ4v) is 1.82. The molecule has 21 heavy (non-hydrogen) atoms. The van der Waals surface area contributed by atoms with E-state index in [0.29, 0.717) is 5.56 Å². The van der Waals surface area contributed by atoms with E-state index >= 15 is 0 Å². The van der Waals surface area contributed by atoms with Crippen molar-refractivity contribution in [1.29, 1.82) is 0 Å². The van der Waals surface area contributed by atoms with Crippen molar-refractivity contribution in [1.82, 2.24) is 0 Å². The summed E-state index contributed by atoms with van der Waals surface area (Å²) < 4.78 is 37.0. The summed E-state index contributed by atoms with van der Waals surface area (Å²) in [6.45, 7) is 3.70. The lowest BCUT2D eigenvalue weighted by Crippen LogP contribution is -2.07. The fourth-order valence-electron chi connectivity index (χ4n) is 1.35. The van der Waals surface area contributed by atoms with E-state index in [1.54, 1.807) is 12.1 Å². The number of esters is 1. The number of benzene rings is 1. The molecule has 1 aromatic carbocycles. The van der Waals surface area contributed by atoms with Crippen molar-refractivity contribution in [2.24, 2.45) is 0 Å².